The Kier molecular flexibility index (Phi) is 6.13. The van der Waals surface area contributed by atoms with E-state index in [0.29, 0.717) is 11.3 Å². The Morgan fingerprint density at radius 2 is 1.33 bits per heavy atom. The number of rotatable bonds is 6. The highest BCUT2D eigenvalue weighted by Gasteiger charge is 2.60. The number of fused-ring (bicyclic) bond motifs is 1. The summed E-state index contributed by atoms with van der Waals surface area (Å²) in [6, 6.07) is 27.5. The molecule has 2 fully saturated rings. The monoisotopic (exact) mass is 544 g/mol. The molecular weight excluding hydrogens is 523 g/mol. The molecular formula is C29H21FN2O6S. The first-order valence-corrected chi connectivity index (χ1v) is 13.5. The standard InChI is InChI=1S/C29H21FN2O6S/c30-20-13-15-21(16-14-20)31-28(33)25-26(32(37-27(25)29(31)34)22-7-3-1-4-8-22)19-11-17-23(18-12-19)38-39(35,36)24-9-5-2-6-10-24/h1-18,25-27H/t25-,26+,27-/m1/s1. The summed E-state index contributed by atoms with van der Waals surface area (Å²) >= 11 is 0. The average molecular weight is 545 g/mol. The highest BCUT2D eigenvalue weighted by Crippen LogP contribution is 2.47. The molecule has 0 bridgehead atoms. The summed E-state index contributed by atoms with van der Waals surface area (Å²) in [7, 11) is -4.04. The maximum Gasteiger partial charge on any atom is 0.339 e. The number of amides is 2. The van der Waals surface area contributed by atoms with Crippen LogP contribution in [0.15, 0.2) is 114 Å². The summed E-state index contributed by atoms with van der Waals surface area (Å²) in [4.78, 5) is 34.1. The van der Waals surface area contributed by atoms with Gasteiger partial charge in [-0.1, -0.05) is 48.5 Å². The van der Waals surface area contributed by atoms with Crippen LogP contribution in [0.1, 0.15) is 11.6 Å². The molecule has 2 aliphatic rings. The molecule has 0 aromatic heterocycles. The van der Waals surface area contributed by atoms with Crippen molar-refractivity contribution >= 4 is 33.3 Å². The number of hydrogen-bond donors (Lipinski definition) is 0. The van der Waals surface area contributed by atoms with Gasteiger partial charge in [0.2, 0.25) is 5.91 Å². The number of carbonyl (C=O) groups is 2. The molecule has 196 valence electrons. The van der Waals surface area contributed by atoms with E-state index in [0.717, 1.165) is 4.90 Å². The van der Waals surface area contributed by atoms with E-state index in [1.54, 1.807) is 42.5 Å². The van der Waals surface area contributed by atoms with Crippen molar-refractivity contribution in [3.63, 3.8) is 0 Å². The Bertz CT molecular complexity index is 1630. The summed E-state index contributed by atoms with van der Waals surface area (Å²) in [6.07, 6.45) is -1.10. The van der Waals surface area contributed by atoms with Gasteiger partial charge >= 0.3 is 10.1 Å². The maximum absolute atomic E-state index is 13.7. The average Bonchev–Trinajstić information content (AvgIpc) is 3.46. The molecule has 0 spiro atoms. The van der Waals surface area contributed by atoms with Gasteiger partial charge in [-0.3, -0.25) is 14.4 Å². The van der Waals surface area contributed by atoms with E-state index in [1.807, 2.05) is 18.2 Å². The third-order valence-electron chi connectivity index (χ3n) is 6.67. The normalized spacial score (nSPS) is 20.8. The molecule has 10 heteroatoms. The first kappa shape index (κ1) is 24.8. The number of nitrogens with zero attached hydrogens (tertiary/aromatic N) is 2. The van der Waals surface area contributed by atoms with Gasteiger partial charge < -0.3 is 4.18 Å². The van der Waals surface area contributed by atoms with Gasteiger partial charge in [0.1, 0.15) is 22.4 Å². The Labute approximate surface area is 223 Å². The fourth-order valence-electron chi connectivity index (χ4n) is 4.88. The van der Waals surface area contributed by atoms with Crippen LogP contribution in [0.2, 0.25) is 0 Å². The lowest BCUT2D eigenvalue weighted by Crippen LogP contribution is -2.37. The lowest BCUT2D eigenvalue weighted by molar-refractivity contribution is -0.126. The number of anilines is 2. The van der Waals surface area contributed by atoms with Crippen LogP contribution in [0.3, 0.4) is 0 Å². The maximum atomic E-state index is 13.7. The number of carbonyl (C=O) groups excluding carboxylic acids is 2. The summed E-state index contributed by atoms with van der Waals surface area (Å²) in [5.41, 5.74) is 1.50. The molecule has 3 atom stereocenters. The molecule has 4 aromatic rings. The van der Waals surface area contributed by atoms with Crippen LogP contribution < -0.4 is 14.1 Å². The van der Waals surface area contributed by atoms with Crippen LogP contribution in [-0.4, -0.2) is 26.3 Å². The van der Waals surface area contributed by atoms with Crippen LogP contribution in [0.25, 0.3) is 0 Å². The number of para-hydroxylation sites is 1. The summed E-state index contributed by atoms with van der Waals surface area (Å²) in [5, 5.41) is 1.53. The van der Waals surface area contributed by atoms with Crippen molar-refractivity contribution in [2.24, 2.45) is 5.92 Å². The van der Waals surface area contributed by atoms with Crippen LogP contribution in [0.5, 0.6) is 5.75 Å². The third-order valence-corrected chi connectivity index (χ3v) is 7.93. The van der Waals surface area contributed by atoms with Crippen molar-refractivity contribution in [1.82, 2.24) is 0 Å². The number of halogens is 1. The lowest BCUT2D eigenvalue weighted by Gasteiger charge is -2.28. The fourth-order valence-corrected chi connectivity index (χ4v) is 5.83. The van der Waals surface area contributed by atoms with Crippen LogP contribution in [0, 0.1) is 11.7 Å². The third kappa shape index (κ3) is 4.43. The molecule has 6 rings (SSSR count). The van der Waals surface area contributed by atoms with E-state index >= 15 is 0 Å². The van der Waals surface area contributed by atoms with Gasteiger partial charge in [0.05, 0.1) is 17.4 Å². The fraction of sp³-hybridized carbons (Fsp3) is 0.103. The summed E-state index contributed by atoms with van der Waals surface area (Å²) < 4.78 is 44.1. The summed E-state index contributed by atoms with van der Waals surface area (Å²) in [6.45, 7) is 0. The smallest absolute Gasteiger partial charge is 0.339 e. The van der Waals surface area contributed by atoms with E-state index in [2.05, 4.69) is 0 Å². The zero-order valence-corrected chi connectivity index (χ0v) is 21.1. The predicted octanol–water partition coefficient (Wildman–Crippen LogP) is 4.64. The first-order chi connectivity index (χ1) is 18.8. The molecule has 0 N–H and O–H groups in total. The Hall–Kier alpha value is -4.54. The van der Waals surface area contributed by atoms with Gasteiger partial charge in [0.25, 0.3) is 5.91 Å². The second-order valence-corrected chi connectivity index (χ2v) is 10.6. The molecule has 2 amide bonds. The first-order valence-electron chi connectivity index (χ1n) is 12.1. The Morgan fingerprint density at radius 1 is 0.718 bits per heavy atom. The number of hydrogen-bond acceptors (Lipinski definition) is 7. The van der Waals surface area contributed by atoms with Crippen molar-refractivity contribution < 1.29 is 31.4 Å². The molecule has 0 aliphatic carbocycles. The minimum atomic E-state index is -4.04. The number of imide groups is 1. The van der Waals surface area contributed by atoms with Gasteiger partial charge in [0.15, 0.2) is 6.10 Å². The van der Waals surface area contributed by atoms with Crippen molar-refractivity contribution in [2.45, 2.75) is 17.0 Å². The molecule has 2 aliphatic heterocycles. The lowest BCUT2D eigenvalue weighted by atomic mass is 9.90. The topological polar surface area (TPSA) is 93.2 Å². The van der Waals surface area contributed by atoms with Crippen molar-refractivity contribution in [3.05, 3.63) is 121 Å². The molecule has 39 heavy (non-hydrogen) atoms. The number of benzene rings is 4. The predicted molar refractivity (Wildman–Crippen MR) is 140 cm³/mol. The van der Waals surface area contributed by atoms with E-state index in [-0.39, 0.29) is 16.3 Å². The van der Waals surface area contributed by atoms with E-state index in [1.165, 1.54) is 53.6 Å². The zero-order chi connectivity index (χ0) is 27.1. The largest absolute Gasteiger partial charge is 0.379 e. The Morgan fingerprint density at radius 3 is 1.97 bits per heavy atom. The van der Waals surface area contributed by atoms with Crippen LogP contribution in [-0.2, 0) is 24.5 Å². The van der Waals surface area contributed by atoms with Gasteiger partial charge in [-0.05, 0) is 66.2 Å². The SMILES string of the molecule is O=C1[C@H]2[C@@H](ON(c3ccccc3)[C@H]2c2ccc(OS(=O)(=O)c3ccccc3)cc2)C(=O)N1c1ccc(F)cc1. The van der Waals surface area contributed by atoms with Crippen LogP contribution >= 0.6 is 0 Å². The highest BCUT2D eigenvalue weighted by molar-refractivity contribution is 7.87. The molecule has 4 aromatic carbocycles. The minimum absolute atomic E-state index is 0.0207. The molecule has 0 radical (unpaired) electrons. The molecule has 0 saturated carbocycles. The molecule has 0 unspecified atom stereocenters. The molecule has 2 saturated heterocycles. The van der Waals surface area contributed by atoms with Crippen molar-refractivity contribution in [2.75, 3.05) is 9.96 Å². The van der Waals surface area contributed by atoms with Gasteiger partial charge in [0, 0.05) is 0 Å². The van der Waals surface area contributed by atoms with Crippen molar-refractivity contribution in [3.8, 4) is 5.75 Å². The Balaban J connectivity index is 1.34. The van der Waals surface area contributed by atoms with E-state index < -0.39 is 45.8 Å². The zero-order valence-electron chi connectivity index (χ0n) is 20.3. The summed E-state index contributed by atoms with van der Waals surface area (Å²) in [5.74, 6) is -2.33. The quantitative estimate of drug-likeness (QED) is 0.258. The van der Waals surface area contributed by atoms with Crippen LogP contribution in [0.4, 0.5) is 15.8 Å². The molecule has 2 heterocycles. The highest BCUT2D eigenvalue weighted by atomic mass is 32.2. The van der Waals surface area contributed by atoms with E-state index in [9.17, 15) is 22.4 Å². The van der Waals surface area contributed by atoms with Gasteiger partial charge in [-0.25, -0.2) is 14.4 Å². The van der Waals surface area contributed by atoms with Gasteiger partial charge in [-0.15, -0.1) is 0 Å². The molecule has 8 nitrogen and oxygen atoms in total. The second-order valence-electron chi connectivity index (χ2n) is 9.07. The van der Waals surface area contributed by atoms with Crippen molar-refractivity contribution in [1.29, 1.82) is 0 Å². The van der Waals surface area contributed by atoms with E-state index in [4.69, 9.17) is 9.02 Å². The number of hydroxylamine groups is 1. The van der Waals surface area contributed by atoms with Gasteiger partial charge in [-0.2, -0.15) is 8.42 Å². The minimum Gasteiger partial charge on any atom is -0.379 e. The second kappa shape index (κ2) is 9.64.